The summed E-state index contributed by atoms with van der Waals surface area (Å²) >= 11 is 9.34. The van der Waals surface area contributed by atoms with Crippen LogP contribution in [0.15, 0.2) is 24.3 Å². The highest BCUT2D eigenvalue weighted by Gasteiger charge is 2.60. The van der Waals surface area contributed by atoms with E-state index in [1.165, 1.54) is 12.8 Å². The zero-order chi connectivity index (χ0) is 8.60. The number of halogens is 2. The average Bonchev–Trinajstić information content (AvgIpc) is 2.71. The fourth-order valence-corrected chi connectivity index (χ4v) is 3.45. The predicted molar refractivity (Wildman–Crippen MR) is 56.9 cm³/mol. The molecule has 2 aliphatic rings. The van der Waals surface area contributed by atoms with Crippen molar-refractivity contribution in [3.05, 3.63) is 24.3 Å². The van der Waals surface area contributed by atoms with Crippen LogP contribution in [0.5, 0.6) is 0 Å². The first-order valence-corrected chi connectivity index (χ1v) is 5.82. The van der Waals surface area contributed by atoms with Crippen LogP contribution < -0.4 is 0 Å². The Labute approximate surface area is 86.8 Å². The molecule has 12 heavy (non-hydrogen) atoms. The summed E-state index contributed by atoms with van der Waals surface area (Å²) in [6.07, 6.45) is 11.5. The molecule has 1 fully saturated rings. The summed E-state index contributed by atoms with van der Waals surface area (Å²) in [5, 5.41) is 0. The lowest BCUT2D eigenvalue weighted by Crippen LogP contribution is -2.00. The number of rotatable bonds is 2. The fourth-order valence-electron chi connectivity index (χ4n) is 2.15. The van der Waals surface area contributed by atoms with E-state index in [0.717, 1.165) is 5.92 Å². The second-order valence-electron chi connectivity index (χ2n) is 3.54. The van der Waals surface area contributed by atoms with Crippen molar-refractivity contribution in [2.75, 3.05) is 5.88 Å². The Balaban J connectivity index is 2.15. The van der Waals surface area contributed by atoms with Gasteiger partial charge in [-0.05, 0) is 18.8 Å². The van der Waals surface area contributed by atoms with E-state index < -0.39 is 0 Å². The van der Waals surface area contributed by atoms with Gasteiger partial charge >= 0.3 is 0 Å². The summed E-state index contributed by atoms with van der Waals surface area (Å²) in [5.41, 5.74) is 0.327. The average molecular weight is 248 g/mol. The van der Waals surface area contributed by atoms with E-state index in [4.69, 9.17) is 11.6 Å². The normalized spacial score (nSPS) is 44.8. The van der Waals surface area contributed by atoms with Gasteiger partial charge in [-0.25, -0.2) is 0 Å². The monoisotopic (exact) mass is 246 g/mol. The van der Waals surface area contributed by atoms with E-state index in [9.17, 15) is 0 Å². The Bertz CT molecular complexity index is 234. The molecule has 3 atom stereocenters. The van der Waals surface area contributed by atoms with Crippen LogP contribution in [0.2, 0.25) is 0 Å². The zero-order valence-electron chi connectivity index (χ0n) is 6.84. The molecule has 2 rings (SSSR count). The van der Waals surface area contributed by atoms with Gasteiger partial charge in [-0.2, -0.15) is 0 Å². The van der Waals surface area contributed by atoms with Crippen molar-refractivity contribution in [3.63, 3.8) is 0 Å². The summed E-state index contributed by atoms with van der Waals surface area (Å²) in [4.78, 5) is 0.656. The van der Waals surface area contributed by atoms with E-state index >= 15 is 0 Å². The molecule has 0 aromatic rings. The molecule has 1 saturated carbocycles. The molecule has 0 N–H and O–H groups in total. The maximum absolute atomic E-state index is 5.62. The predicted octanol–water partition coefficient (Wildman–Crippen LogP) is 3.51. The molecule has 66 valence electrons. The number of hydrogen-bond donors (Lipinski definition) is 0. The van der Waals surface area contributed by atoms with Crippen molar-refractivity contribution in [1.29, 1.82) is 0 Å². The molecule has 2 heteroatoms. The number of hydrogen-bond acceptors (Lipinski definition) is 0. The summed E-state index contributed by atoms with van der Waals surface area (Å²) in [6.45, 7) is 0. The molecule has 0 aliphatic heterocycles. The minimum Gasteiger partial charge on any atom is -0.122 e. The van der Waals surface area contributed by atoms with Crippen molar-refractivity contribution in [1.82, 2.24) is 0 Å². The van der Waals surface area contributed by atoms with Crippen LogP contribution in [-0.2, 0) is 0 Å². The van der Waals surface area contributed by atoms with Gasteiger partial charge in [-0.1, -0.05) is 40.2 Å². The van der Waals surface area contributed by atoms with Gasteiger partial charge in [0.1, 0.15) is 0 Å². The highest BCUT2D eigenvalue weighted by Crippen LogP contribution is 2.63. The van der Waals surface area contributed by atoms with E-state index in [1.807, 2.05) is 0 Å². The fraction of sp³-hybridized carbons (Fsp3) is 0.600. The first kappa shape index (κ1) is 8.83. The molecule has 0 radical (unpaired) electrons. The molecule has 0 unspecified atom stereocenters. The van der Waals surface area contributed by atoms with Gasteiger partial charge in [0.15, 0.2) is 0 Å². The second kappa shape index (κ2) is 3.19. The summed E-state index contributed by atoms with van der Waals surface area (Å²) < 4.78 is 0. The van der Waals surface area contributed by atoms with Crippen molar-refractivity contribution < 1.29 is 0 Å². The van der Waals surface area contributed by atoms with Gasteiger partial charge in [-0.3, -0.25) is 0 Å². The van der Waals surface area contributed by atoms with Gasteiger partial charge in [0.05, 0.1) is 0 Å². The molecule has 0 bridgehead atoms. The minimum absolute atomic E-state index is 0.327. The zero-order valence-corrected chi connectivity index (χ0v) is 9.18. The lowest BCUT2D eigenvalue weighted by atomic mass is 9.95. The third kappa shape index (κ3) is 1.18. The van der Waals surface area contributed by atoms with Gasteiger partial charge in [0.25, 0.3) is 0 Å². The topological polar surface area (TPSA) is 0 Å². The molecule has 0 saturated heterocycles. The van der Waals surface area contributed by atoms with Gasteiger partial charge < -0.3 is 0 Å². The van der Waals surface area contributed by atoms with E-state index in [0.29, 0.717) is 16.1 Å². The van der Waals surface area contributed by atoms with Crippen LogP contribution in [0.25, 0.3) is 0 Å². The highest BCUT2D eigenvalue weighted by molar-refractivity contribution is 9.09. The molecular weight excluding hydrogens is 235 g/mol. The van der Waals surface area contributed by atoms with Crippen LogP contribution in [0.4, 0.5) is 0 Å². The van der Waals surface area contributed by atoms with E-state index in [2.05, 4.69) is 40.2 Å². The summed E-state index contributed by atoms with van der Waals surface area (Å²) in [5.74, 6) is 1.45. The second-order valence-corrected chi connectivity index (χ2v) is 4.84. The quantitative estimate of drug-likeness (QED) is 0.517. The summed E-state index contributed by atoms with van der Waals surface area (Å²) in [7, 11) is 0. The lowest BCUT2D eigenvalue weighted by molar-refractivity contribution is 0.610. The molecule has 2 aliphatic carbocycles. The van der Waals surface area contributed by atoms with Crippen LogP contribution in [-0.4, -0.2) is 10.7 Å². The van der Waals surface area contributed by atoms with Crippen molar-refractivity contribution in [3.8, 4) is 0 Å². The molecule has 0 amide bonds. The van der Waals surface area contributed by atoms with E-state index in [1.54, 1.807) is 0 Å². The first-order chi connectivity index (χ1) is 5.81. The van der Waals surface area contributed by atoms with Crippen LogP contribution in [0, 0.1) is 11.3 Å². The van der Waals surface area contributed by atoms with Crippen molar-refractivity contribution >= 4 is 27.5 Å². The molecule has 0 nitrogen and oxygen atoms in total. The molecule has 0 aromatic heterocycles. The largest absolute Gasteiger partial charge is 0.122 e. The Kier molecular flexibility index (Phi) is 2.35. The molecule has 0 heterocycles. The third-order valence-electron chi connectivity index (χ3n) is 2.91. The molecule has 0 spiro atoms. The van der Waals surface area contributed by atoms with Crippen LogP contribution in [0.3, 0.4) is 0 Å². The van der Waals surface area contributed by atoms with Gasteiger partial charge in [0, 0.05) is 16.1 Å². The first-order valence-electron chi connectivity index (χ1n) is 4.36. The Morgan fingerprint density at radius 2 is 2.50 bits per heavy atom. The van der Waals surface area contributed by atoms with E-state index in [-0.39, 0.29) is 0 Å². The standard InChI is InChI=1S/C10H12BrCl/c11-9-8-4-1-2-5-10(8,9)6-3-7-12/h2-3,5-6,8-9H,1,4,7H2/b6-3+/t8-,9-,10+/m0/s1. The Morgan fingerprint density at radius 1 is 1.67 bits per heavy atom. The Morgan fingerprint density at radius 3 is 3.17 bits per heavy atom. The SMILES string of the molecule is ClC/C=C/[C@]12C=CCC[C@H]1[C@@H]2Br. The highest BCUT2D eigenvalue weighted by atomic mass is 79.9. The molecular formula is C10H12BrCl. The van der Waals surface area contributed by atoms with Crippen molar-refractivity contribution in [2.45, 2.75) is 17.7 Å². The molecule has 0 aromatic carbocycles. The van der Waals surface area contributed by atoms with Gasteiger partial charge in [-0.15, -0.1) is 11.6 Å². The minimum atomic E-state index is 0.327. The van der Waals surface area contributed by atoms with Gasteiger partial charge in [0.2, 0.25) is 0 Å². The maximum Gasteiger partial charge on any atom is 0.0404 e. The number of fused-ring (bicyclic) bond motifs is 1. The number of allylic oxidation sites excluding steroid dienone is 4. The van der Waals surface area contributed by atoms with Crippen LogP contribution in [0.1, 0.15) is 12.8 Å². The number of alkyl halides is 2. The third-order valence-corrected chi connectivity index (χ3v) is 4.52. The smallest absolute Gasteiger partial charge is 0.0404 e. The van der Waals surface area contributed by atoms with Crippen molar-refractivity contribution in [2.24, 2.45) is 11.3 Å². The maximum atomic E-state index is 5.62. The Hall–Kier alpha value is 0.250. The summed E-state index contributed by atoms with van der Waals surface area (Å²) in [6, 6.07) is 0. The lowest BCUT2D eigenvalue weighted by Gasteiger charge is -2.10. The van der Waals surface area contributed by atoms with Crippen LogP contribution >= 0.6 is 27.5 Å².